The summed E-state index contributed by atoms with van der Waals surface area (Å²) in [6.07, 6.45) is -4.37. The van der Waals surface area contributed by atoms with E-state index >= 15 is 0 Å². The fraction of sp³-hybridized carbons (Fsp3) is 0.364. The van der Waals surface area contributed by atoms with Gasteiger partial charge in [-0.15, -0.1) is 0 Å². The highest BCUT2D eigenvalue weighted by Crippen LogP contribution is 2.14. The summed E-state index contributed by atoms with van der Waals surface area (Å²) in [6.45, 7) is -1.61. The van der Waals surface area contributed by atoms with E-state index in [9.17, 15) is 18.0 Å². The second kappa shape index (κ2) is 6.28. The van der Waals surface area contributed by atoms with Gasteiger partial charge in [0.15, 0.2) is 0 Å². The number of amides is 1. The van der Waals surface area contributed by atoms with E-state index < -0.39 is 18.7 Å². The van der Waals surface area contributed by atoms with E-state index in [0.29, 0.717) is 11.4 Å². The summed E-state index contributed by atoms with van der Waals surface area (Å²) in [5, 5.41) is 2.40. The van der Waals surface area contributed by atoms with E-state index in [2.05, 4.69) is 10.1 Å². The second-order valence-corrected chi connectivity index (χ2v) is 3.81. The first-order chi connectivity index (χ1) is 8.78. The quantitative estimate of drug-likeness (QED) is 0.556. The van der Waals surface area contributed by atoms with Gasteiger partial charge in [0.25, 0.3) is 5.91 Å². The fourth-order valence-corrected chi connectivity index (χ4v) is 1.33. The molecule has 0 spiro atoms. The van der Waals surface area contributed by atoms with Crippen LogP contribution >= 0.6 is 0 Å². The van der Waals surface area contributed by atoms with Crippen molar-refractivity contribution in [3.63, 3.8) is 0 Å². The molecule has 106 valence electrons. The monoisotopic (exact) mass is 277 g/mol. The minimum Gasteiger partial charge on any atom is -0.399 e. The number of nitrogen functional groups attached to an aromatic ring is 2. The number of carbonyl (C=O) groups is 1. The van der Waals surface area contributed by atoms with Gasteiger partial charge in [-0.05, 0) is 18.2 Å². The van der Waals surface area contributed by atoms with Gasteiger partial charge in [-0.25, -0.2) is 0 Å². The zero-order valence-electron chi connectivity index (χ0n) is 9.96. The maximum absolute atomic E-state index is 11.8. The Hall–Kier alpha value is -1.96. The van der Waals surface area contributed by atoms with Gasteiger partial charge in [-0.3, -0.25) is 4.79 Å². The fourth-order valence-electron chi connectivity index (χ4n) is 1.33. The van der Waals surface area contributed by atoms with Crippen LogP contribution in [0.4, 0.5) is 24.5 Å². The minimum atomic E-state index is -4.37. The van der Waals surface area contributed by atoms with Crippen LogP contribution in [0.15, 0.2) is 18.2 Å². The summed E-state index contributed by atoms with van der Waals surface area (Å²) in [5.74, 6) is -0.477. The van der Waals surface area contributed by atoms with E-state index in [1.807, 2.05) is 0 Å². The predicted octanol–water partition coefficient (Wildman–Crippen LogP) is 1.16. The van der Waals surface area contributed by atoms with Gasteiger partial charge in [0, 0.05) is 23.5 Å². The van der Waals surface area contributed by atoms with Gasteiger partial charge in [-0.1, -0.05) is 0 Å². The smallest absolute Gasteiger partial charge is 0.399 e. The summed E-state index contributed by atoms with van der Waals surface area (Å²) in [7, 11) is 0. The molecule has 0 bridgehead atoms. The van der Waals surface area contributed by atoms with Gasteiger partial charge in [0.2, 0.25) is 0 Å². The van der Waals surface area contributed by atoms with Crippen LogP contribution in [0, 0.1) is 0 Å². The Labute approximate surface area is 107 Å². The number of carbonyl (C=O) groups excluding carboxylic acids is 1. The minimum absolute atomic E-state index is 0.0381. The highest BCUT2D eigenvalue weighted by molar-refractivity contribution is 5.96. The number of ether oxygens (including phenoxy) is 1. The van der Waals surface area contributed by atoms with Crippen molar-refractivity contribution in [2.24, 2.45) is 0 Å². The molecule has 19 heavy (non-hydrogen) atoms. The van der Waals surface area contributed by atoms with Gasteiger partial charge < -0.3 is 21.5 Å². The van der Waals surface area contributed by atoms with E-state index in [1.165, 1.54) is 18.2 Å². The van der Waals surface area contributed by atoms with E-state index in [-0.39, 0.29) is 18.7 Å². The molecule has 0 radical (unpaired) electrons. The highest BCUT2D eigenvalue weighted by Gasteiger charge is 2.27. The molecule has 0 unspecified atom stereocenters. The Morgan fingerprint density at radius 1 is 1.21 bits per heavy atom. The topological polar surface area (TPSA) is 90.4 Å². The summed E-state index contributed by atoms with van der Waals surface area (Å²) in [4.78, 5) is 11.6. The Balaban J connectivity index is 2.35. The normalized spacial score (nSPS) is 11.3. The molecule has 0 saturated heterocycles. The molecule has 1 rings (SSSR count). The standard InChI is InChI=1S/C11H14F3N3O2/c12-11(13,14)6-19-2-1-17-10(18)7-3-8(15)5-9(16)4-7/h3-5H,1-2,6,15-16H2,(H,17,18). The van der Waals surface area contributed by atoms with Gasteiger partial charge >= 0.3 is 6.18 Å². The maximum Gasteiger partial charge on any atom is 0.411 e. The molecule has 0 atom stereocenters. The first kappa shape index (κ1) is 15.1. The van der Waals surface area contributed by atoms with Crippen molar-refractivity contribution in [3.05, 3.63) is 23.8 Å². The summed E-state index contributed by atoms with van der Waals surface area (Å²) < 4.78 is 39.6. The van der Waals surface area contributed by atoms with Crippen molar-refractivity contribution in [1.29, 1.82) is 0 Å². The molecule has 0 heterocycles. The first-order valence-corrected chi connectivity index (χ1v) is 5.36. The van der Waals surface area contributed by atoms with Crippen molar-refractivity contribution >= 4 is 17.3 Å². The number of anilines is 2. The van der Waals surface area contributed by atoms with Crippen LogP contribution in [0.2, 0.25) is 0 Å². The third-order valence-corrected chi connectivity index (χ3v) is 2.04. The van der Waals surface area contributed by atoms with Crippen LogP contribution in [0.3, 0.4) is 0 Å². The number of rotatable bonds is 5. The molecular weight excluding hydrogens is 263 g/mol. The lowest BCUT2D eigenvalue weighted by molar-refractivity contribution is -0.173. The molecule has 1 aromatic carbocycles. The van der Waals surface area contributed by atoms with Crippen molar-refractivity contribution < 1.29 is 22.7 Å². The molecule has 0 aliphatic rings. The maximum atomic E-state index is 11.8. The van der Waals surface area contributed by atoms with Crippen molar-refractivity contribution in [1.82, 2.24) is 5.32 Å². The van der Waals surface area contributed by atoms with Gasteiger partial charge in [0.1, 0.15) is 6.61 Å². The van der Waals surface area contributed by atoms with Gasteiger partial charge in [0.05, 0.1) is 6.61 Å². The summed E-state index contributed by atoms with van der Waals surface area (Å²) in [6, 6.07) is 4.33. The van der Waals surface area contributed by atoms with Crippen LogP contribution in [-0.4, -0.2) is 31.8 Å². The molecular formula is C11H14F3N3O2. The first-order valence-electron chi connectivity index (χ1n) is 5.36. The molecule has 0 aromatic heterocycles. The number of hydrogen-bond acceptors (Lipinski definition) is 4. The molecule has 8 heteroatoms. The van der Waals surface area contributed by atoms with Crippen LogP contribution in [0.5, 0.6) is 0 Å². The zero-order valence-corrected chi connectivity index (χ0v) is 9.96. The SMILES string of the molecule is Nc1cc(N)cc(C(=O)NCCOCC(F)(F)F)c1. The predicted molar refractivity (Wildman–Crippen MR) is 64.5 cm³/mol. The van der Waals surface area contributed by atoms with E-state index in [1.54, 1.807) is 0 Å². The van der Waals surface area contributed by atoms with Crippen LogP contribution < -0.4 is 16.8 Å². The molecule has 1 aromatic rings. The Morgan fingerprint density at radius 2 is 1.79 bits per heavy atom. The third-order valence-electron chi connectivity index (χ3n) is 2.04. The molecule has 0 fully saturated rings. The number of hydrogen-bond donors (Lipinski definition) is 3. The van der Waals surface area contributed by atoms with Crippen molar-refractivity contribution in [2.45, 2.75) is 6.18 Å². The molecule has 0 aliphatic carbocycles. The van der Waals surface area contributed by atoms with E-state index in [4.69, 9.17) is 11.5 Å². The summed E-state index contributed by atoms with van der Waals surface area (Å²) in [5.41, 5.74) is 11.9. The lowest BCUT2D eigenvalue weighted by Crippen LogP contribution is -2.29. The number of nitrogens with one attached hydrogen (secondary N) is 1. The van der Waals surface area contributed by atoms with Crippen molar-refractivity contribution in [3.8, 4) is 0 Å². The zero-order chi connectivity index (χ0) is 14.5. The lowest BCUT2D eigenvalue weighted by atomic mass is 10.1. The Bertz CT molecular complexity index is 429. The Morgan fingerprint density at radius 3 is 2.32 bits per heavy atom. The molecule has 5 N–H and O–H groups in total. The molecule has 0 saturated carbocycles. The molecule has 0 aliphatic heterocycles. The van der Waals surface area contributed by atoms with Crippen LogP contribution in [-0.2, 0) is 4.74 Å². The largest absolute Gasteiger partial charge is 0.411 e. The number of benzene rings is 1. The number of alkyl halides is 3. The highest BCUT2D eigenvalue weighted by atomic mass is 19.4. The Kier molecular flexibility index (Phi) is 4.99. The number of nitrogens with two attached hydrogens (primary N) is 2. The average Bonchev–Trinajstić information content (AvgIpc) is 2.25. The second-order valence-electron chi connectivity index (χ2n) is 3.81. The molecule has 5 nitrogen and oxygen atoms in total. The van der Waals surface area contributed by atoms with E-state index in [0.717, 1.165) is 0 Å². The number of halogens is 3. The van der Waals surface area contributed by atoms with Crippen LogP contribution in [0.25, 0.3) is 0 Å². The molecule has 1 amide bonds. The average molecular weight is 277 g/mol. The third kappa shape index (κ3) is 5.96. The summed E-state index contributed by atoms with van der Waals surface area (Å²) >= 11 is 0. The van der Waals surface area contributed by atoms with Crippen LogP contribution in [0.1, 0.15) is 10.4 Å². The lowest BCUT2D eigenvalue weighted by Gasteiger charge is -2.09. The van der Waals surface area contributed by atoms with Gasteiger partial charge in [-0.2, -0.15) is 13.2 Å². The van der Waals surface area contributed by atoms with Crippen molar-refractivity contribution in [2.75, 3.05) is 31.2 Å².